The summed E-state index contributed by atoms with van der Waals surface area (Å²) in [6.45, 7) is 6.71. The van der Waals surface area contributed by atoms with E-state index in [1.54, 1.807) is 29.3 Å². The van der Waals surface area contributed by atoms with Gasteiger partial charge in [-0.2, -0.15) is 0 Å². The molecule has 0 saturated heterocycles. The predicted molar refractivity (Wildman–Crippen MR) is 129 cm³/mol. The summed E-state index contributed by atoms with van der Waals surface area (Å²) < 4.78 is 3.73. The van der Waals surface area contributed by atoms with E-state index in [2.05, 4.69) is 54.7 Å². The smallest absolute Gasteiger partial charge is 0.115 e. The first-order valence-electron chi connectivity index (χ1n) is 11.0. The SMILES string of the molecule is C=C1N=C(C2=CC3(C)CCC=CC3CC2)SNC(C2=CC3=C(C=CCC3)CC2)S1. The van der Waals surface area contributed by atoms with Gasteiger partial charge in [0.1, 0.15) is 5.04 Å². The van der Waals surface area contributed by atoms with Crippen LogP contribution >= 0.6 is 23.7 Å². The quantitative estimate of drug-likeness (QED) is 0.375. The molecular weight excluding hydrogens is 392 g/mol. The van der Waals surface area contributed by atoms with Crippen LogP contribution in [0, 0.1) is 11.3 Å². The first-order chi connectivity index (χ1) is 14.1. The second kappa shape index (κ2) is 8.13. The molecule has 3 atom stereocenters. The van der Waals surface area contributed by atoms with Crippen molar-refractivity contribution < 1.29 is 0 Å². The van der Waals surface area contributed by atoms with Crippen LogP contribution in [0.25, 0.3) is 0 Å². The zero-order chi connectivity index (χ0) is 19.8. The molecule has 0 fully saturated rings. The molecule has 0 aromatic carbocycles. The number of nitrogens with zero attached hydrogens (tertiary/aromatic N) is 1. The summed E-state index contributed by atoms with van der Waals surface area (Å²) >= 11 is 3.51. The highest BCUT2D eigenvalue weighted by atomic mass is 32.2. The van der Waals surface area contributed by atoms with E-state index in [-0.39, 0.29) is 10.8 Å². The fourth-order valence-corrected chi connectivity index (χ4v) is 7.22. The summed E-state index contributed by atoms with van der Waals surface area (Å²) in [4.78, 5) is 4.94. The molecule has 0 aromatic rings. The van der Waals surface area contributed by atoms with Gasteiger partial charge in [-0.05, 0) is 96.9 Å². The third-order valence-electron chi connectivity index (χ3n) is 7.00. The van der Waals surface area contributed by atoms with Crippen molar-refractivity contribution in [1.29, 1.82) is 0 Å². The van der Waals surface area contributed by atoms with Crippen LogP contribution in [0.1, 0.15) is 58.3 Å². The summed E-state index contributed by atoms with van der Waals surface area (Å²) in [6, 6.07) is 0. The Labute approximate surface area is 183 Å². The maximum absolute atomic E-state index is 4.94. The molecule has 0 spiro atoms. The van der Waals surface area contributed by atoms with Gasteiger partial charge in [-0.25, -0.2) is 9.71 Å². The molecule has 4 aliphatic carbocycles. The van der Waals surface area contributed by atoms with Crippen LogP contribution in [-0.4, -0.2) is 10.4 Å². The summed E-state index contributed by atoms with van der Waals surface area (Å²) in [7, 11) is 0. The van der Waals surface area contributed by atoms with E-state index in [1.165, 1.54) is 55.2 Å². The number of aliphatic imine (C=N–C) groups is 1. The number of hydrogen-bond donors (Lipinski definition) is 1. The lowest BCUT2D eigenvalue weighted by atomic mass is 9.65. The second-order valence-electron chi connectivity index (χ2n) is 9.03. The lowest BCUT2D eigenvalue weighted by Gasteiger charge is -2.40. The number of nitrogens with one attached hydrogen (secondary N) is 1. The molecule has 1 aliphatic heterocycles. The molecular formula is C25H30N2S2. The van der Waals surface area contributed by atoms with Gasteiger partial charge >= 0.3 is 0 Å². The minimum absolute atomic E-state index is 0.263. The third-order valence-corrected chi connectivity index (χ3v) is 9.07. The van der Waals surface area contributed by atoms with Gasteiger partial charge in [-0.15, -0.1) is 0 Å². The Kier molecular flexibility index (Phi) is 5.53. The Balaban J connectivity index is 1.34. The molecule has 2 nitrogen and oxygen atoms in total. The highest BCUT2D eigenvalue weighted by Crippen LogP contribution is 2.47. The van der Waals surface area contributed by atoms with E-state index in [0.717, 1.165) is 22.9 Å². The van der Waals surface area contributed by atoms with Gasteiger partial charge in [0.05, 0.1) is 10.4 Å². The van der Waals surface area contributed by atoms with Crippen molar-refractivity contribution in [2.75, 3.05) is 0 Å². The van der Waals surface area contributed by atoms with Gasteiger partial charge in [-0.1, -0.05) is 61.7 Å². The first kappa shape index (κ1) is 19.7. The molecule has 4 heteroatoms. The van der Waals surface area contributed by atoms with Crippen molar-refractivity contribution in [1.82, 2.24) is 4.72 Å². The Morgan fingerprint density at radius 2 is 2.07 bits per heavy atom. The Bertz CT molecular complexity index is 902. The van der Waals surface area contributed by atoms with E-state index in [4.69, 9.17) is 4.99 Å². The lowest BCUT2D eigenvalue weighted by Crippen LogP contribution is -2.31. The Hall–Kier alpha value is -1.23. The Morgan fingerprint density at radius 1 is 1.14 bits per heavy atom. The van der Waals surface area contributed by atoms with Crippen molar-refractivity contribution in [3.8, 4) is 0 Å². The average molecular weight is 423 g/mol. The number of hydrogen-bond acceptors (Lipinski definition) is 4. The van der Waals surface area contributed by atoms with Gasteiger partial charge in [-0.3, -0.25) is 0 Å². The molecule has 3 unspecified atom stereocenters. The van der Waals surface area contributed by atoms with Crippen LogP contribution in [0.3, 0.4) is 0 Å². The van der Waals surface area contributed by atoms with E-state index >= 15 is 0 Å². The average Bonchev–Trinajstić information content (AvgIpc) is 2.94. The summed E-state index contributed by atoms with van der Waals surface area (Å²) in [5.41, 5.74) is 6.28. The van der Waals surface area contributed by atoms with Crippen molar-refractivity contribution in [2.24, 2.45) is 16.3 Å². The molecule has 0 amide bonds. The molecule has 0 radical (unpaired) electrons. The van der Waals surface area contributed by atoms with Gasteiger partial charge in [0.25, 0.3) is 0 Å². The third kappa shape index (κ3) is 4.04. The second-order valence-corrected chi connectivity index (χ2v) is 11.0. The van der Waals surface area contributed by atoms with Crippen molar-refractivity contribution in [3.63, 3.8) is 0 Å². The van der Waals surface area contributed by atoms with Gasteiger partial charge in [0.15, 0.2) is 0 Å². The number of thioether (sulfide) groups is 1. The molecule has 0 aromatic heterocycles. The first-order valence-corrected chi connectivity index (χ1v) is 12.6. The summed E-state index contributed by atoms with van der Waals surface area (Å²) in [5.74, 6) is 0.689. The van der Waals surface area contributed by atoms with Crippen LogP contribution in [0.5, 0.6) is 0 Å². The zero-order valence-corrected chi connectivity index (χ0v) is 18.9. The van der Waals surface area contributed by atoms with Crippen LogP contribution < -0.4 is 4.72 Å². The number of allylic oxidation sites excluding steroid dienone is 8. The van der Waals surface area contributed by atoms with Crippen LogP contribution in [-0.2, 0) is 0 Å². The molecule has 1 N–H and O–H groups in total. The molecule has 1 heterocycles. The van der Waals surface area contributed by atoms with E-state index < -0.39 is 0 Å². The van der Waals surface area contributed by atoms with E-state index in [1.807, 2.05) is 0 Å². The van der Waals surface area contributed by atoms with Crippen LogP contribution in [0.2, 0.25) is 0 Å². The Morgan fingerprint density at radius 3 is 3.00 bits per heavy atom. The van der Waals surface area contributed by atoms with Crippen molar-refractivity contribution >= 4 is 28.8 Å². The van der Waals surface area contributed by atoms with Crippen molar-refractivity contribution in [3.05, 3.63) is 70.4 Å². The van der Waals surface area contributed by atoms with Gasteiger partial charge < -0.3 is 0 Å². The lowest BCUT2D eigenvalue weighted by molar-refractivity contribution is 0.246. The summed E-state index contributed by atoms with van der Waals surface area (Å²) in [6.07, 6.45) is 23.9. The molecule has 0 saturated carbocycles. The van der Waals surface area contributed by atoms with Gasteiger partial charge in [0.2, 0.25) is 0 Å². The number of fused-ring (bicyclic) bond motifs is 1. The highest BCUT2D eigenvalue weighted by Gasteiger charge is 2.36. The van der Waals surface area contributed by atoms with Crippen LogP contribution in [0.15, 0.2) is 75.3 Å². The maximum Gasteiger partial charge on any atom is 0.115 e. The van der Waals surface area contributed by atoms with E-state index in [0.29, 0.717) is 5.92 Å². The highest BCUT2D eigenvalue weighted by molar-refractivity contribution is 8.14. The predicted octanol–water partition coefficient (Wildman–Crippen LogP) is 7.23. The zero-order valence-electron chi connectivity index (χ0n) is 17.2. The van der Waals surface area contributed by atoms with E-state index in [9.17, 15) is 0 Å². The minimum atomic E-state index is 0.263. The molecule has 0 bridgehead atoms. The molecule has 5 aliphatic rings. The number of rotatable bonds is 2. The fourth-order valence-electron chi connectivity index (χ4n) is 5.26. The van der Waals surface area contributed by atoms with Crippen molar-refractivity contribution in [2.45, 2.75) is 63.7 Å². The van der Waals surface area contributed by atoms with Gasteiger partial charge in [0, 0.05) is 0 Å². The normalized spacial score (nSPS) is 34.7. The monoisotopic (exact) mass is 422 g/mol. The maximum atomic E-state index is 4.94. The standard InChI is InChI=1S/C25H30N2S2/c1-17-26-23(21-12-13-22-9-5-6-14-25(22,2)16-21)29-27-24(28-17)20-11-10-18-7-3-4-8-19(18)15-20/h3,5,7,9,15-16,22,24,27H,1,4,6,8,10-14H2,2H3. The fraction of sp³-hybridized carbons (Fsp3) is 0.480. The minimum Gasteiger partial charge on any atom is -0.241 e. The van der Waals surface area contributed by atoms with Crippen LogP contribution in [0.4, 0.5) is 0 Å². The topological polar surface area (TPSA) is 24.4 Å². The molecule has 29 heavy (non-hydrogen) atoms. The summed E-state index contributed by atoms with van der Waals surface area (Å²) in [5, 5.41) is 2.33. The molecule has 5 rings (SSSR count). The largest absolute Gasteiger partial charge is 0.241 e. The molecule has 152 valence electrons.